The van der Waals surface area contributed by atoms with Crippen LogP contribution >= 0.6 is 12.2 Å². The zero-order valence-corrected chi connectivity index (χ0v) is 14.5. The van der Waals surface area contributed by atoms with E-state index < -0.39 is 0 Å². The summed E-state index contributed by atoms with van der Waals surface area (Å²) in [4.78, 5) is 0. The zero-order valence-electron chi connectivity index (χ0n) is 13.7. The number of hydrogen-bond donors (Lipinski definition) is 2. The molecule has 0 heterocycles. The van der Waals surface area contributed by atoms with Gasteiger partial charge in [-0.15, -0.1) is 0 Å². The van der Waals surface area contributed by atoms with Crippen LogP contribution in [0.5, 0.6) is 17.2 Å². The fourth-order valence-corrected chi connectivity index (χ4v) is 2.10. The van der Waals surface area contributed by atoms with Gasteiger partial charge in [0.2, 0.25) is 0 Å². The van der Waals surface area contributed by atoms with Crippen LogP contribution in [0.25, 0.3) is 0 Å². The van der Waals surface area contributed by atoms with Crippen molar-refractivity contribution < 1.29 is 14.2 Å². The van der Waals surface area contributed by atoms with Crippen LogP contribution in [0.1, 0.15) is 5.56 Å². The predicted molar refractivity (Wildman–Crippen MR) is 99.5 cm³/mol. The Bertz CT molecular complexity index is 718. The molecule has 0 spiro atoms. The van der Waals surface area contributed by atoms with Crippen molar-refractivity contribution in [3.63, 3.8) is 0 Å². The normalized spacial score (nSPS) is 10.3. The number of benzene rings is 2. The number of thiocarbonyl (C=S) groups is 1. The van der Waals surface area contributed by atoms with Gasteiger partial charge in [-0.2, -0.15) is 5.10 Å². The largest absolute Gasteiger partial charge is 0.497 e. The van der Waals surface area contributed by atoms with Crippen LogP contribution in [-0.4, -0.2) is 32.7 Å². The molecule has 126 valence electrons. The molecule has 2 aromatic carbocycles. The highest BCUT2D eigenvalue weighted by atomic mass is 32.1. The number of anilines is 1. The van der Waals surface area contributed by atoms with Gasteiger partial charge in [0, 0.05) is 5.69 Å². The Labute approximate surface area is 146 Å². The van der Waals surface area contributed by atoms with E-state index in [1.54, 1.807) is 27.5 Å². The molecule has 0 fully saturated rings. The van der Waals surface area contributed by atoms with Crippen LogP contribution in [-0.2, 0) is 0 Å². The molecule has 0 atom stereocenters. The molecule has 0 aliphatic rings. The molecule has 2 rings (SSSR count). The lowest BCUT2D eigenvalue weighted by molar-refractivity contribution is 0.355. The summed E-state index contributed by atoms with van der Waals surface area (Å²) in [5, 5.41) is 7.52. The minimum Gasteiger partial charge on any atom is -0.497 e. The number of ether oxygens (including phenoxy) is 3. The van der Waals surface area contributed by atoms with Crippen molar-refractivity contribution in [2.45, 2.75) is 0 Å². The van der Waals surface area contributed by atoms with Crippen molar-refractivity contribution in [3.8, 4) is 17.2 Å². The quantitative estimate of drug-likeness (QED) is 0.477. The van der Waals surface area contributed by atoms with Crippen molar-refractivity contribution in [1.82, 2.24) is 5.43 Å². The predicted octanol–water partition coefficient (Wildman–Crippen LogP) is 3.03. The highest BCUT2D eigenvalue weighted by Crippen LogP contribution is 2.26. The molecule has 0 amide bonds. The second-order valence-corrected chi connectivity index (χ2v) is 5.08. The molecule has 7 heteroatoms. The van der Waals surface area contributed by atoms with E-state index >= 15 is 0 Å². The summed E-state index contributed by atoms with van der Waals surface area (Å²) in [5.41, 5.74) is 4.46. The van der Waals surface area contributed by atoms with Gasteiger partial charge in [0.15, 0.2) is 16.6 Å². The summed E-state index contributed by atoms with van der Waals surface area (Å²) in [7, 11) is 4.80. The topological polar surface area (TPSA) is 64.1 Å². The van der Waals surface area contributed by atoms with E-state index in [9.17, 15) is 0 Å². The SMILES string of the molecule is COc1ccc(NC(=S)N/N=C/c2ccc(OC)c(OC)c2)cc1. The third kappa shape index (κ3) is 4.85. The van der Waals surface area contributed by atoms with Crippen LogP contribution in [0.15, 0.2) is 47.6 Å². The molecule has 2 aromatic rings. The van der Waals surface area contributed by atoms with Crippen LogP contribution in [0.4, 0.5) is 5.69 Å². The smallest absolute Gasteiger partial charge is 0.191 e. The first-order chi connectivity index (χ1) is 11.7. The van der Waals surface area contributed by atoms with Crippen LogP contribution in [0, 0.1) is 0 Å². The Morgan fingerprint density at radius 1 is 0.958 bits per heavy atom. The van der Waals surface area contributed by atoms with Crippen LogP contribution < -0.4 is 25.0 Å². The number of hydrogen-bond acceptors (Lipinski definition) is 5. The Morgan fingerprint density at radius 3 is 2.29 bits per heavy atom. The summed E-state index contributed by atoms with van der Waals surface area (Å²) >= 11 is 5.19. The highest BCUT2D eigenvalue weighted by molar-refractivity contribution is 7.80. The van der Waals surface area contributed by atoms with E-state index in [0.717, 1.165) is 17.0 Å². The maximum atomic E-state index is 5.25. The Balaban J connectivity index is 1.91. The van der Waals surface area contributed by atoms with E-state index in [4.69, 9.17) is 26.4 Å². The van der Waals surface area contributed by atoms with Gasteiger partial charge in [-0.1, -0.05) is 0 Å². The van der Waals surface area contributed by atoms with E-state index in [1.165, 1.54) is 0 Å². The third-order valence-corrected chi connectivity index (χ3v) is 3.33. The van der Waals surface area contributed by atoms with Gasteiger partial charge < -0.3 is 19.5 Å². The summed E-state index contributed by atoms with van der Waals surface area (Å²) in [6.45, 7) is 0. The Hall–Kier alpha value is -2.80. The summed E-state index contributed by atoms with van der Waals surface area (Å²) in [6.07, 6.45) is 1.64. The van der Waals surface area contributed by atoms with Gasteiger partial charge in [0.05, 0.1) is 27.5 Å². The number of methoxy groups -OCH3 is 3. The summed E-state index contributed by atoms with van der Waals surface area (Å²) in [5.74, 6) is 2.09. The average molecular weight is 345 g/mol. The molecule has 0 saturated carbocycles. The van der Waals surface area contributed by atoms with E-state index in [1.807, 2.05) is 42.5 Å². The molecule has 0 aliphatic carbocycles. The van der Waals surface area contributed by atoms with Crippen molar-refractivity contribution in [1.29, 1.82) is 0 Å². The minimum atomic E-state index is 0.386. The molecule has 0 aromatic heterocycles. The zero-order chi connectivity index (χ0) is 17.4. The van der Waals surface area contributed by atoms with Gasteiger partial charge >= 0.3 is 0 Å². The highest BCUT2D eigenvalue weighted by Gasteiger charge is 2.03. The van der Waals surface area contributed by atoms with E-state index in [-0.39, 0.29) is 0 Å². The van der Waals surface area contributed by atoms with Gasteiger partial charge in [0.1, 0.15) is 5.75 Å². The Morgan fingerprint density at radius 2 is 1.67 bits per heavy atom. The van der Waals surface area contributed by atoms with Gasteiger partial charge in [-0.25, -0.2) is 0 Å². The first kappa shape index (κ1) is 17.6. The molecule has 0 unspecified atom stereocenters. The Kier molecular flexibility index (Phi) is 6.39. The maximum absolute atomic E-state index is 5.25. The van der Waals surface area contributed by atoms with Crippen molar-refractivity contribution in [3.05, 3.63) is 48.0 Å². The number of nitrogens with one attached hydrogen (secondary N) is 2. The van der Waals surface area contributed by atoms with E-state index in [0.29, 0.717) is 16.6 Å². The maximum Gasteiger partial charge on any atom is 0.191 e. The molecule has 0 bridgehead atoms. The number of hydrazone groups is 1. The lowest BCUT2D eigenvalue weighted by Crippen LogP contribution is -2.23. The lowest BCUT2D eigenvalue weighted by atomic mass is 10.2. The second kappa shape index (κ2) is 8.73. The molecule has 2 N–H and O–H groups in total. The van der Waals surface area contributed by atoms with Crippen molar-refractivity contribution in [2.75, 3.05) is 26.6 Å². The molecule has 24 heavy (non-hydrogen) atoms. The average Bonchev–Trinajstić information content (AvgIpc) is 2.62. The molecule has 0 saturated heterocycles. The molecule has 0 radical (unpaired) electrons. The van der Waals surface area contributed by atoms with Crippen molar-refractivity contribution >= 4 is 29.2 Å². The summed E-state index contributed by atoms with van der Waals surface area (Å²) in [6, 6.07) is 12.9. The van der Waals surface area contributed by atoms with Gasteiger partial charge in [-0.05, 0) is 60.2 Å². The number of rotatable bonds is 6. The monoisotopic (exact) mass is 345 g/mol. The minimum absolute atomic E-state index is 0.386. The molecule has 6 nitrogen and oxygen atoms in total. The fourth-order valence-electron chi connectivity index (χ4n) is 1.93. The van der Waals surface area contributed by atoms with Crippen LogP contribution in [0.2, 0.25) is 0 Å². The number of nitrogens with zero attached hydrogens (tertiary/aromatic N) is 1. The summed E-state index contributed by atoms with van der Waals surface area (Å²) < 4.78 is 15.5. The van der Waals surface area contributed by atoms with Gasteiger partial charge in [0.25, 0.3) is 0 Å². The van der Waals surface area contributed by atoms with Crippen LogP contribution in [0.3, 0.4) is 0 Å². The first-order valence-corrected chi connectivity index (χ1v) is 7.53. The lowest BCUT2D eigenvalue weighted by Gasteiger charge is -2.08. The van der Waals surface area contributed by atoms with Crippen molar-refractivity contribution in [2.24, 2.45) is 5.10 Å². The second-order valence-electron chi connectivity index (χ2n) is 4.67. The van der Waals surface area contributed by atoms with Gasteiger partial charge in [-0.3, -0.25) is 5.43 Å². The third-order valence-electron chi connectivity index (χ3n) is 3.14. The first-order valence-electron chi connectivity index (χ1n) is 7.12. The van der Waals surface area contributed by atoms with E-state index in [2.05, 4.69) is 15.8 Å². The fraction of sp³-hybridized carbons (Fsp3) is 0.176. The molecular formula is C17H19N3O3S. The molecule has 0 aliphatic heterocycles. The standard InChI is InChI=1S/C17H19N3O3S/c1-21-14-7-5-13(6-8-14)19-17(24)20-18-11-12-4-9-15(22-2)16(10-12)23-3/h4-11H,1-3H3,(H2,19,20,24)/b18-11+. The molecular weight excluding hydrogens is 326 g/mol.